The quantitative estimate of drug-likeness (QED) is 0.400. The molecule has 1 aliphatic rings. The number of para-hydroxylation sites is 2. The van der Waals surface area contributed by atoms with Crippen molar-refractivity contribution in [2.24, 2.45) is 0 Å². The van der Waals surface area contributed by atoms with Crippen molar-refractivity contribution in [1.82, 2.24) is 24.8 Å². The number of nitrogens with zero attached hydrogens (tertiary/aromatic N) is 4. The van der Waals surface area contributed by atoms with Gasteiger partial charge in [-0.3, -0.25) is 4.90 Å². The van der Waals surface area contributed by atoms with Crippen molar-refractivity contribution in [1.29, 1.82) is 0 Å². The highest BCUT2D eigenvalue weighted by atomic mass is 32.2. The molecule has 5 aromatic rings. The summed E-state index contributed by atoms with van der Waals surface area (Å²) in [5.74, 6) is 1.75. The van der Waals surface area contributed by atoms with E-state index in [9.17, 15) is 0 Å². The first kappa shape index (κ1) is 19.3. The van der Waals surface area contributed by atoms with Gasteiger partial charge in [0.2, 0.25) is 0 Å². The van der Waals surface area contributed by atoms with Crippen LogP contribution in [0.3, 0.4) is 0 Å². The van der Waals surface area contributed by atoms with Crippen molar-refractivity contribution in [3.05, 3.63) is 89.9 Å². The van der Waals surface area contributed by atoms with Gasteiger partial charge in [0.15, 0.2) is 16.1 Å². The molecule has 0 aliphatic carbocycles. The fourth-order valence-corrected chi connectivity index (χ4v) is 4.81. The summed E-state index contributed by atoms with van der Waals surface area (Å²) in [6.45, 7) is 2.54. The monoisotopic (exact) mass is 439 g/mol. The summed E-state index contributed by atoms with van der Waals surface area (Å²) < 4.78 is 6.08. The van der Waals surface area contributed by atoms with Gasteiger partial charge < -0.3 is 9.40 Å². The van der Waals surface area contributed by atoms with Gasteiger partial charge in [-0.15, -0.1) is 0 Å². The molecule has 158 valence electrons. The van der Waals surface area contributed by atoms with Gasteiger partial charge in [-0.25, -0.2) is 15.0 Å². The van der Waals surface area contributed by atoms with Crippen LogP contribution in [0.2, 0.25) is 0 Å². The van der Waals surface area contributed by atoms with E-state index in [1.165, 1.54) is 17.3 Å². The Kier molecular flexibility index (Phi) is 4.97. The SMILES string of the molecule is c1ccc(-c2ncc3c(n2)CCN(Cc2ccc(Sc4nc5ccccc5[nH]4)o2)C3)cc1. The molecule has 0 radical (unpaired) electrons. The lowest BCUT2D eigenvalue weighted by Gasteiger charge is -2.27. The molecule has 7 heteroatoms. The van der Waals surface area contributed by atoms with E-state index in [0.29, 0.717) is 0 Å². The molecule has 1 aliphatic heterocycles. The number of furan rings is 1. The van der Waals surface area contributed by atoms with Crippen LogP contribution < -0.4 is 0 Å². The molecule has 1 N–H and O–H groups in total. The van der Waals surface area contributed by atoms with Crippen molar-refractivity contribution in [2.45, 2.75) is 29.8 Å². The van der Waals surface area contributed by atoms with Crippen LogP contribution >= 0.6 is 11.8 Å². The van der Waals surface area contributed by atoms with Crippen LogP contribution in [0.4, 0.5) is 0 Å². The second-order valence-electron chi connectivity index (χ2n) is 7.87. The van der Waals surface area contributed by atoms with Crippen molar-refractivity contribution >= 4 is 22.8 Å². The van der Waals surface area contributed by atoms with Gasteiger partial charge in [0.1, 0.15) is 5.76 Å². The second-order valence-corrected chi connectivity index (χ2v) is 8.87. The predicted molar refractivity (Wildman–Crippen MR) is 124 cm³/mol. The lowest BCUT2D eigenvalue weighted by Crippen LogP contribution is -2.30. The molecule has 6 nitrogen and oxygen atoms in total. The van der Waals surface area contributed by atoms with E-state index in [1.807, 2.05) is 54.7 Å². The first-order chi connectivity index (χ1) is 15.8. The van der Waals surface area contributed by atoms with E-state index >= 15 is 0 Å². The van der Waals surface area contributed by atoms with E-state index in [4.69, 9.17) is 9.40 Å². The van der Waals surface area contributed by atoms with Crippen molar-refractivity contribution in [3.8, 4) is 11.4 Å². The molecule has 0 saturated carbocycles. The second kappa shape index (κ2) is 8.26. The molecule has 0 unspecified atom stereocenters. The Morgan fingerprint density at radius 1 is 0.969 bits per heavy atom. The summed E-state index contributed by atoms with van der Waals surface area (Å²) in [4.78, 5) is 19.7. The molecule has 0 fully saturated rings. The van der Waals surface area contributed by atoms with Gasteiger partial charge >= 0.3 is 0 Å². The van der Waals surface area contributed by atoms with Gasteiger partial charge in [0.05, 0.1) is 23.3 Å². The molecule has 0 amide bonds. The molecule has 0 atom stereocenters. The molecule has 0 spiro atoms. The highest BCUT2D eigenvalue weighted by molar-refractivity contribution is 7.99. The molecule has 0 saturated heterocycles. The maximum Gasteiger partial charge on any atom is 0.174 e. The van der Waals surface area contributed by atoms with Gasteiger partial charge in [-0.05, 0) is 36.0 Å². The van der Waals surface area contributed by atoms with E-state index in [2.05, 4.69) is 38.1 Å². The Morgan fingerprint density at radius 2 is 1.84 bits per heavy atom. The van der Waals surface area contributed by atoms with Gasteiger partial charge in [-0.2, -0.15) is 0 Å². The summed E-state index contributed by atoms with van der Waals surface area (Å²) in [5, 5.41) is 1.68. The van der Waals surface area contributed by atoms with Gasteiger partial charge in [0, 0.05) is 36.8 Å². The van der Waals surface area contributed by atoms with E-state index in [-0.39, 0.29) is 0 Å². The zero-order chi connectivity index (χ0) is 21.3. The molecule has 2 aromatic carbocycles. The first-order valence-electron chi connectivity index (χ1n) is 10.6. The third kappa shape index (κ3) is 3.92. The van der Waals surface area contributed by atoms with Crippen LogP contribution in [0, 0.1) is 0 Å². The zero-order valence-corrected chi connectivity index (χ0v) is 18.2. The lowest BCUT2D eigenvalue weighted by atomic mass is 10.1. The van der Waals surface area contributed by atoms with Gasteiger partial charge in [-0.1, -0.05) is 42.5 Å². The van der Waals surface area contributed by atoms with Crippen LogP contribution in [-0.2, 0) is 19.5 Å². The number of rotatable bonds is 5. The van der Waals surface area contributed by atoms with Crippen molar-refractivity contribution in [3.63, 3.8) is 0 Å². The van der Waals surface area contributed by atoms with E-state index in [1.54, 1.807) is 0 Å². The summed E-state index contributed by atoms with van der Waals surface area (Å²) in [5.41, 5.74) is 5.40. The minimum absolute atomic E-state index is 0.764. The van der Waals surface area contributed by atoms with E-state index in [0.717, 1.165) is 70.2 Å². The average Bonchev–Trinajstić information content (AvgIpc) is 3.45. The maximum absolute atomic E-state index is 6.08. The average molecular weight is 440 g/mol. The van der Waals surface area contributed by atoms with Gasteiger partial charge in [0.25, 0.3) is 0 Å². The molecule has 32 heavy (non-hydrogen) atoms. The maximum atomic E-state index is 6.08. The topological polar surface area (TPSA) is 70.8 Å². The summed E-state index contributed by atoms with van der Waals surface area (Å²) in [6, 6.07) is 22.2. The zero-order valence-electron chi connectivity index (χ0n) is 17.4. The van der Waals surface area contributed by atoms with Crippen LogP contribution in [0.15, 0.2) is 87.6 Å². The number of imidazole rings is 1. The number of hydrogen-bond donors (Lipinski definition) is 1. The summed E-state index contributed by atoms with van der Waals surface area (Å²) in [7, 11) is 0. The first-order valence-corrected chi connectivity index (χ1v) is 11.5. The number of hydrogen-bond acceptors (Lipinski definition) is 6. The Hall–Kier alpha value is -3.42. The Morgan fingerprint density at radius 3 is 2.75 bits per heavy atom. The minimum Gasteiger partial charge on any atom is -0.453 e. The normalized spacial score (nSPS) is 14.0. The standard InChI is InChI=1S/C25H21N5OS/c1-2-6-17(7-3-1)24-26-14-18-15-30(13-12-20(18)27-24)16-19-10-11-23(31-19)32-25-28-21-8-4-5-9-22(21)29-25/h1-11,14H,12-13,15-16H2,(H,28,29). The number of H-pyrrole nitrogens is 1. The lowest BCUT2D eigenvalue weighted by molar-refractivity contribution is 0.218. The molecular formula is C25H21N5OS. The largest absolute Gasteiger partial charge is 0.453 e. The third-order valence-corrected chi connectivity index (χ3v) is 6.43. The van der Waals surface area contributed by atoms with Crippen LogP contribution in [0.25, 0.3) is 22.4 Å². The third-order valence-electron chi connectivity index (χ3n) is 5.63. The summed E-state index contributed by atoms with van der Waals surface area (Å²) in [6.07, 6.45) is 2.89. The smallest absolute Gasteiger partial charge is 0.174 e. The number of nitrogens with one attached hydrogen (secondary N) is 1. The number of benzene rings is 2. The Labute approximate surface area is 189 Å². The molecular weight excluding hydrogens is 418 g/mol. The molecule has 4 heterocycles. The number of aromatic amines is 1. The van der Waals surface area contributed by atoms with Crippen LogP contribution in [0.1, 0.15) is 17.0 Å². The van der Waals surface area contributed by atoms with Crippen LogP contribution in [-0.4, -0.2) is 31.4 Å². The minimum atomic E-state index is 0.764. The molecule has 3 aromatic heterocycles. The van der Waals surface area contributed by atoms with Crippen molar-refractivity contribution in [2.75, 3.05) is 6.54 Å². The number of fused-ring (bicyclic) bond motifs is 2. The Balaban J connectivity index is 1.12. The molecule has 6 rings (SSSR count). The summed E-state index contributed by atoms with van der Waals surface area (Å²) >= 11 is 1.51. The van der Waals surface area contributed by atoms with Crippen LogP contribution in [0.5, 0.6) is 0 Å². The molecule has 0 bridgehead atoms. The Bertz CT molecular complexity index is 1340. The van der Waals surface area contributed by atoms with E-state index < -0.39 is 0 Å². The fourth-order valence-electron chi connectivity index (χ4n) is 4.03. The fraction of sp³-hybridized carbons (Fsp3) is 0.160. The number of aromatic nitrogens is 4. The highest BCUT2D eigenvalue weighted by Gasteiger charge is 2.20. The van der Waals surface area contributed by atoms with Crippen molar-refractivity contribution < 1.29 is 4.42 Å². The highest BCUT2D eigenvalue weighted by Crippen LogP contribution is 2.30. The predicted octanol–water partition coefficient (Wildman–Crippen LogP) is 5.32.